The molecule has 0 heterocycles. The SMILES string of the molecule is CCNC(=O)CNCCCCCNC(=O)CNC(=O)CCCCCCC(=O)O. The van der Waals surface area contributed by atoms with Crippen molar-refractivity contribution in [1.82, 2.24) is 21.3 Å². The second kappa shape index (κ2) is 18.2. The molecule has 0 unspecified atom stereocenters. The van der Waals surface area contributed by atoms with Crippen LogP contribution in [0.25, 0.3) is 0 Å². The summed E-state index contributed by atoms with van der Waals surface area (Å²) in [5.74, 6) is -1.16. The van der Waals surface area contributed by atoms with E-state index in [9.17, 15) is 19.2 Å². The Morgan fingerprint density at radius 3 is 1.93 bits per heavy atom. The molecule has 0 spiro atoms. The van der Waals surface area contributed by atoms with Gasteiger partial charge in [-0.25, -0.2) is 0 Å². The molecule has 0 radical (unpaired) electrons. The number of aliphatic carboxylic acids is 1. The monoisotopic (exact) mass is 400 g/mol. The van der Waals surface area contributed by atoms with Crippen LogP contribution in [0.15, 0.2) is 0 Å². The maximum absolute atomic E-state index is 11.7. The zero-order valence-corrected chi connectivity index (χ0v) is 17.0. The van der Waals surface area contributed by atoms with Gasteiger partial charge in [-0.05, 0) is 39.2 Å². The molecule has 0 saturated heterocycles. The number of carboxylic acids is 1. The van der Waals surface area contributed by atoms with Crippen molar-refractivity contribution in [2.45, 2.75) is 64.7 Å². The topological polar surface area (TPSA) is 137 Å². The fourth-order valence-corrected chi connectivity index (χ4v) is 2.49. The third-order valence-corrected chi connectivity index (χ3v) is 4.00. The fraction of sp³-hybridized carbons (Fsp3) is 0.789. The average molecular weight is 401 g/mol. The van der Waals surface area contributed by atoms with E-state index >= 15 is 0 Å². The van der Waals surface area contributed by atoms with Crippen molar-refractivity contribution in [3.05, 3.63) is 0 Å². The molecule has 9 nitrogen and oxygen atoms in total. The van der Waals surface area contributed by atoms with Crippen LogP contribution in [0.4, 0.5) is 0 Å². The van der Waals surface area contributed by atoms with Crippen LogP contribution in [0.5, 0.6) is 0 Å². The Morgan fingerprint density at radius 1 is 0.643 bits per heavy atom. The molecule has 0 fully saturated rings. The zero-order valence-electron chi connectivity index (χ0n) is 17.0. The van der Waals surface area contributed by atoms with E-state index in [1.807, 2.05) is 6.92 Å². The molecule has 0 aromatic rings. The number of rotatable bonds is 18. The first-order valence-electron chi connectivity index (χ1n) is 10.2. The highest BCUT2D eigenvalue weighted by atomic mass is 16.4. The highest BCUT2D eigenvalue weighted by Gasteiger charge is 2.05. The third-order valence-electron chi connectivity index (χ3n) is 4.00. The predicted octanol–water partition coefficient (Wildman–Crippen LogP) is 0.540. The van der Waals surface area contributed by atoms with Gasteiger partial charge in [0.05, 0.1) is 13.1 Å². The molecule has 0 aromatic heterocycles. The van der Waals surface area contributed by atoms with Crippen molar-refractivity contribution in [2.75, 3.05) is 32.7 Å². The highest BCUT2D eigenvalue weighted by Crippen LogP contribution is 2.05. The summed E-state index contributed by atoms with van der Waals surface area (Å²) in [6.07, 6.45) is 6.16. The number of unbranched alkanes of at least 4 members (excludes halogenated alkanes) is 5. The number of carboxylic acid groups (broad SMARTS) is 1. The van der Waals surface area contributed by atoms with Crippen molar-refractivity contribution >= 4 is 23.7 Å². The quantitative estimate of drug-likeness (QED) is 0.213. The van der Waals surface area contributed by atoms with Crippen LogP contribution < -0.4 is 21.3 Å². The van der Waals surface area contributed by atoms with Gasteiger partial charge < -0.3 is 26.4 Å². The highest BCUT2D eigenvalue weighted by molar-refractivity contribution is 5.84. The Morgan fingerprint density at radius 2 is 1.25 bits per heavy atom. The molecule has 9 heteroatoms. The molecule has 3 amide bonds. The zero-order chi connectivity index (χ0) is 21.0. The number of hydrogen-bond acceptors (Lipinski definition) is 5. The Balaban J connectivity index is 3.41. The summed E-state index contributed by atoms with van der Waals surface area (Å²) < 4.78 is 0. The van der Waals surface area contributed by atoms with E-state index in [4.69, 9.17) is 5.11 Å². The minimum atomic E-state index is -0.795. The Bertz CT molecular complexity index is 471. The van der Waals surface area contributed by atoms with E-state index < -0.39 is 5.97 Å². The van der Waals surface area contributed by atoms with Gasteiger partial charge in [-0.15, -0.1) is 0 Å². The summed E-state index contributed by atoms with van der Waals surface area (Å²) in [4.78, 5) is 44.9. The second-order valence-corrected chi connectivity index (χ2v) is 6.63. The molecular formula is C19H36N4O5. The van der Waals surface area contributed by atoms with Crippen molar-refractivity contribution in [1.29, 1.82) is 0 Å². The number of nitrogens with one attached hydrogen (secondary N) is 4. The van der Waals surface area contributed by atoms with E-state index in [-0.39, 0.29) is 30.7 Å². The minimum Gasteiger partial charge on any atom is -0.481 e. The minimum absolute atomic E-state index is 0.00463. The number of likely N-dealkylation sites (N-methyl/N-ethyl adjacent to an activating group) is 1. The number of carbonyl (C=O) groups excluding carboxylic acids is 3. The molecule has 0 aliphatic rings. The first-order valence-corrected chi connectivity index (χ1v) is 10.2. The molecule has 28 heavy (non-hydrogen) atoms. The fourth-order valence-electron chi connectivity index (χ4n) is 2.49. The van der Waals surface area contributed by atoms with Crippen molar-refractivity contribution in [3.63, 3.8) is 0 Å². The number of amides is 3. The summed E-state index contributed by atoms with van der Waals surface area (Å²) in [6, 6.07) is 0. The van der Waals surface area contributed by atoms with Gasteiger partial charge >= 0.3 is 5.97 Å². The molecular weight excluding hydrogens is 364 g/mol. The summed E-state index contributed by atoms with van der Waals surface area (Å²) in [5, 5.41) is 19.7. The molecule has 0 aliphatic heterocycles. The van der Waals surface area contributed by atoms with Crippen LogP contribution in [-0.4, -0.2) is 61.5 Å². The normalized spacial score (nSPS) is 10.3. The lowest BCUT2D eigenvalue weighted by Gasteiger charge is -2.07. The second-order valence-electron chi connectivity index (χ2n) is 6.63. The summed E-state index contributed by atoms with van der Waals surface area (Å²) >= 11 is 0. The van der Waals surface area contributed by atoms with Gasteiger partial charge in [0.15, 0.2) is 0 Å². The van der Waals surface area contributed by atoms with Crippen LogP contribution in [0.3, 0.4) is 0 Å². The van der Waals surface area contributed by atoms with Gasteiger partial charge in [0.2, 0.25) is 17.7 Å². The first-order chi connectivity index (χ1) is 13.5. The molecule has 5 N–H and O–H groups in total. The van der Waals surface area contributed by atoms with Crippen LogP contribution in [-0.2, 0) is 19.2 Å². The Labute approximate surface area is 167 Å². The predicted molar refractivity (Wildman–Crippen MR) is 107 cm³/mol. The number of hydrogen-bond donors (Lipinski definition) is 5. The third kappa shape index (κ3) is 18.6. The van der Waals surface area contributed by atoms with Crippen molar-refractivity contribution < 1.29 is 24.3 Å². The van der Waals surface area contributed by atoms with Gasteiger partial charge in [0, 0.05) is 25.9 Å². The summed E-state index contributed by atoms with van der Waals surface area (Å²) in [5.41, 5.74) is 0. The Kier molecular flexibility index (Phi) is 16.8. The van der Waals surface area contributed by atoms with Crippen LogP contribution >= 0.6 is 0 Å². The summed E-state index contributed by atoms with van der Waals surface area (Å²) in [7, 11) is 0. The van der Waals surface area contributed by atoms with E-state index in [0.717, 1.165) is 38.6 Å². The molecule has 162 valence electrons. The Hall–Kier alpha value is -2.16. The van der Waals surface area contributed by atoms with Gasteiger partial charge in [0.25, 0.3) is 0 Å². The smallest absolute Gasteiger partial charge is 0.303 e. The lowest BCUT2D eigenvalue weighted by molar-refractivity contribution is -0.137. The maximum Gasteiger partial charge on any atom is 0.303 e. The lowest BCUT2D eigenvalue weighted by Crippen LogP contribution is -2.37. The standard InChI is InChI=1S/C19H36N4O5/c1-2-21-17(25)14-20-12-8-5-9-13-22-18(26)15-23-16(24)10-6-3-4-7-11-19(27)28/h20H,2-15H2,1H3,(H,21,25)(H,22,26)(H,23,24)(H,27,28). The number of carbonyl (C=O) groups is 4. The van der Waals surface area contributed by atoms with Crippen LogP contribution in [0, 0.1) is 0 Å². The average Bonchev–Trinajstić information content (AvgIpc) is 2.65. The van der Waals surface area contributed by atoms with Gasteiger partial charge in [-0.1, -0.05) is 19.3 Å². The van der Waals surface area contributed by atoms with Gasteiger partial charge in [-0.2, -0.15) is 0 Å². The molecule has 0 atom stereocenters. The first kappa shape index (κ1) is 25.8. The lowest BCUT2D eigenvalue weighted by atomic mass is 10.1. The largest absolute Gasteiger partial charge is 0.481 e. The molecule has 0 bridgehead atoms. The molecule has 0 rings (SSSR count). The summed E-state index contributed by atoms with van der Waals surface area (Å²) in [6.45, 7) is 4.14. The molecule has 0 aromatic carbocycles. The van der Waals surface area contributed by atoms with E-state index in [2.05, 4.69) is 21.3 Å². The van der Waals surface area contributed by atoms with Crippen molar-refractivity contribution in [2.24, 2.45) is 0 Å². The van der Waals surface area contributed by atoms with E-state index in [1.165, 1.54) is 0 Å². The van der Waals surface area contributed by atoms with Gasteiger partial charge in [-0.3, -0.25) is 19.2 Å². The van der Waals surface area contributed by atoms with Crippen LogP contribution in [0.1, 0.15) is 64.7 Å². The maximum atomic E-state index is 11.7. The molecule has 0 saturated carbocycles. The van der Waals surface area contributed by atoms with Crippen molar-refractivity contribution in [3.8, 4) is 0 Å². The van der Waals surface area contributed by atoms with Crippen LogP contribution in [0.2, 0.25) is 0 Å². The van der Waals surface area contributed by atoms with E-state index in [1.54, 1.807) is 0 Å². The van der Waals surface area contributed by atoms with Gasteiger partial charge in [0.1, 0.15) is 0 Å². The van der Waals surface area contributed by atoms with E-state index in [0.29, 0.717) is 38.9 Å². The molecule has 0 aliphatic carbocycles.